The minimum absolute atomic E-state index is 0.350. The molecule has 0 saturated carbocycles. The van der Waals surface area contributed by atoms with Crippen LogP contribution in [0.2, 0.25) is 0 Å². The number of hydrogen-bond donors (Lipinski definition) is 0. The Kier molecular flexibility index (Phi) is 4.27. The van der Waals surface area contributed by atoms with Gasteiger partial charge in [-0.05, 0) is 20.8 Å². The molecule has 1 saturated heterocycles. The van der Waals surface area contributed by atoms with Gasteiger partial charge in [-0.2, -0.15) is 4.31 Å². The Balaban J connectivity index is 1.89. The molecule has 7 heteroatoms. The molecule has 1 aromatic heterocycles. The van der Waals surface area contributed by atoms with Gasteiger partial charge in [-0.3, -0.25) is 4.90 Å². The minimum atomic E-state index is -3.12. The van der Waals surface area contributed by atoms with E-state index in [4.69, 9.17) is 4.52 Å². The molecular formula is C12H21N3O3S. The Bertz CT molecular complexity index is 516. The lowest BCUT2D eigenvalue weighted by Gasteiger charge is -2.34. The second-order valence-electron chi connectivity index (χ2n) is 5.20. The maximum absolute atomic E-state index is 12.0. The van der Waals surface area contributed by atoms with Crippen molar-refractivity contribution in [1.82, 2.24) is 14.4 Å². The molecule has 19 heavy (non-hydrogen) atoms. The first kappa shape index (κ1) is 14.5. The molecule has 2 rings (SSSR count). The molecule has 0 aliphatic carbocycles. The molecule has 2 heterocycles. The van der Waals surface area contributed by atoms with Crippen molar-refractivity contribution in [3.63, 3.8) is 0 Å². The largest absolute Gasteiger partial charge is 0.361 e. The van der Waals surface area contributed by atoms with Gasteiger partial charge in [0.15, 0.2) is 0 Å². The molecule has 0 unspecified atom stereocenters. The summed E-state index contributed by atoms with van der Waals surface area (Å²) in [5, 5.41) is 3.61. The molecule has 1 aliphatic rings. The summed E-state index contributed by atoms with van der Waals surface area (Å²) in [6.07, 6.45) is 0. The SMILES string of the molecule is Cc1cc(CN2CCN(S(=O)(=O)C(C)C)CC2)no1. The van der Waals surface area contributed by atoms with Crippen LogP contribution in [0.15, 0.2) is 10.6 Å². The number of sulfonamides is 1. The zero-order valence-corrected chi connectivity index (χ0v) is 12.5. The van der Waals surface area contributed by atoms with Gasteiger partial charge in [0, 0.05) is 38.8 Å². The highest BCUT2D eigenvalue weighted by atomic mass is 32.2. The highest BCUT2D eigenvalue weighted by Crippen LogP contribution is 2.14. The average molecular weight is 287 g/mol. The molecular weight excluding hydrogens is 266 g/mol. The van der Waals surface area contributed by atoms with Gasteiger partial charge in [0.25, 0.3) is 0 Å². The van der Waals surface area contributed by atoms with Gasteiger partial charge in [0.05, 0.1) is 10.9 Å². The van der Waals surface area contributed by atoms with E-state index in [0.717, 1.165) is 24.5 Å². The van der Waals surface area contributed by atoms with E-state index in [1.165, 1.54) is 0 Å². The summed E-state index contributed by atoms with van der Waals surface area (Å²) < 4.78 is 30.7. The van der Waals surface area contributed by atoms with Gasteiger partial charge < -0.3 is 4.52 Å². The summed E-state index contributed by atoms with van der Waals surface area (Å²) in [5.41, 5.74) is 0.901. The van der Waals surface area contributed by atoms with E-state index < -0.39 is 10.0 Å². The number of rotatable bonds is 4. The Hall–Kier alpha value is -0.920. The van der Waals surface area contributed by atoms with E-state index >= 15 is 0 Å². The lowest BCUT2D eigenvalue weighted by Crippen LogP contribution is -2.49. The first-order chi connectivity index (χ1) is 8.89. The number of hydrogen-bond acceptors (Lipinski definition) is 5. The van der Waals surface area contributed by atoms with E-state index in [1.54, 1.807) is 18.2 Å². The number of aromatic nitrogens is 1. The summed E-state index contributed by atoms with van der Waals surface area (Å²) in [6, 6.07) is 1.91. The number of piperazine rings is 1. The monoisotopic (exact) mass is 287 g/mol. The van der Waals surface area contributed by atoms with E-state index in [2.05, 4.69) is 10.1 Å². The van der Waals surface area contributed by atoms with Crippen LogP contribution in [-0.2, 0) is 16.6 Å². The molecule has 1 aliphatic heterocycles. The molecule has 0 spiro atoms. The molecule has 0 bridgehead atoms. The van der Waals surface area contributed by atoms with Crippen LogP contribution in [0.5, 0.6) is 0 Å². The fourth-order valence-corrected chi connectivity index (χ4v) is 3.43. The second-order valence-corrected chi connectivity index (χ2v) is 7.69. The van der Waals surface area contributed by atoms with E-state index in [9.17, 15) is 8.42 Å². The van der Waals surface area contributed by atoms with E-state index in [1.807, 2.05) is 13.0 Å². The summed E-state index contributed by atoms with van der Waals surface area (Å²) in [5.74, 6) is 0.802. The number of nitrogens with zero attached hydrogens (tertiary/aromatic N) is 3. The number of aryl methyl sites for hydroxylation is 1. The summed E-state index contributed by atoms with van der Waals surface area (Å²) in [6.45, 7) is 8.60. The van der Waals surface area contributed by atoms with Crippen LogP contribution in [0, 0.1) is 6.92 Å². The van der Waals surface area contributed by atoms with Gasteiger partial charge >= 0.3 is 0 Å². The Labute approximate surface area is 114 Å². The Morgan fingerprint density at radius 2 is 1.95 bits per heavy atom. The van der Waals surface area contributed by atoms with Crippen molar-refractivity contribution in [2.24, 2.45) is 0 Å². The van der Waals surface area contributed by atoms with Crippen molar-refractivity contribution in [2.45, 2.75) is 32.6 Å². The molecule has 1 aromatic rings. The zero-order chi connectivity index (χ0) is 14.0. The minimum Gasteiger partial charge on any atom is -0.361 e. The molecule has 0 N–H and O–H groups in total. The zero-order valence-electron chi connectivity index (χ0n) is 11.7. The molecule has 0 aromatic carbocycles. The lowest BCUT2D eigenvalue weighted by molar-refractivity contribution is 0.177. The summed E-state index contributed by atoms with van der Waals surface area (Å²) in [4.78, 5) is 2.20. The van der Waals surface area contributed by atoms with Gasteiger partial charge in [-0.25, -0.2) is 8.42 Å². The van der Waals surface area contributed by atoms with Crippen molar-refractivity contribution >= 4 is 10.0 Å². The predicted octanol–water partition coefficient (Wildman–Crippen LogP) is 0.839. The van der Waals surface area contributed by atoms with Crippen LogP contribution in [-0.4, -0.2) is 54.2 Å². The summed E-state index contributed by atoms with van der Waals surface area (Å²) in [7, 11) is -3.12. The first-order valence-corrected chi connectivity index (χ1v) is 8.03. The lowest BCUT2D eigenvalue weighted by atomic mass is 10.3. The molecule has 108 valence electrons. The molecule has 0 amide bonds. The van der Waals surface area contributed by atoms with Crippen molar-refractivity contribution < 1.29 is 12.9 Å². The molecule has 6 nitrogen and oxygen atoms in total. The third-order valence-electron chi connectivity index (χ3n) is 3.35. The van der Waals surface area contributed by atoms with Crippen LogP contribution >= 0.6 is 0 Å². The van der Waals surface area contributed by atoms with Crippen molar-refractivity contribution in [3.8, 4) is 0 Å². The van der Waals surface area contributed by atoms with Crippen LogP contribution in [0.25, 0.3) is 0 Å². The van der Waals surface area contributed by atoms with E-state index in [0.29, 0.717) is 19.6 Å². The maximum Gasteiger partial charge on any atom is 0.216 e. The molecule has 1 fully saturated rings. The van der Waals surface area contributed by atoms with Crippen LogP contribution < -0.4 is 0 Å². The van der Waals surface area contributed by atoms with Gasteiger partial charge in [-0.15, -0.1) is 0 Å². The van der Waals surface area contributed by atoms with Crippen molar-refractivity contribution in [1.29, 1.82) is 0 Å². The summed E-state index contributed by atoms with van der Waals surface area (Å²) >= 11 is 0. The van der Waals surface area contributed by atoms with Crippen molar-refractivity contribution in [3.05, 3.63) is 17.5 Å². The quantitative estimate of drug-likeness (QED) is 0.821. The fraction of sp³-hybridized carbons (Fsp3) is 0.750. The third kappa shape index (κ3) is 3.34. The van der Waals surface area contributed by atoms with Gasteiger partial charge in [0.2, 0.25) is 10.0 Å². The van der Waals surface area contributed by atoms with Gasteiger partial charge in [-0.1, -0.05) is 5.16 Å². The average Bonchev–Trinajstić information content (AvgIpc) is 2.75. The fourth-order valence-electron chi connectivity index (χ4n) is 2.16. The van der Waals surface area contributed by atoms with Crippen LogP contribution in [0.3, 0.4) is 0 Å². The smallest absolute Gasteiger partial charge is 0.216 e. The van der Waals surface area contributed by atoms with Crippen LogP contribution in [0.1, 0.15) is 25.3 Å². The van der Waals surface area contributed by atoms with Gasteiger partial charge in [0.1, 0.15) is 5.76 Å². The predicted molar refractivity (Wildman–Crippen MR) is 72.1 cm³/mol. The highest BCUT2D eigenvalue weighted by Gasteiger charge is 2.29. The Morgan fingerprint density at radius 3 is 2.42 bits per heavy atom. The highest BCUT2D eigenvalue weighted by molar-refractivity contribution is 7.89. The maximum atomic E-state index is 12.0. The Morgan fingerprint density at radius 1 is 1.32 bits per heavy atom. The third-order valence-corrected chi connectivity index (χ3v) is 5.63. The standard InChI is InChI=1S/C12H21N3O3S/c1-10(2)19(16,17)15-6-4-14(5-7-15)9-12-8-11(3)18-13-12/h8,10H,4-7,9H2,1-3H3. The second kappa shape index (κ2) is 5.60. The topological polar surface area (TPSA) is 66.7 Å². The normalized spacial score (nSPS) is 19.2. The molecule has 0 atom stereocenters. The van der Waals surface area contributed by atoms with E-state index in [-0.39, 0.29) is 5.25 Å². The van der Waals surface area contributed by atoms with Crippen LogP contribution in [0.4, 0.5) is 0 Å². The van der Waals surface area contributed by atoms with Crippen molar-refractivity contribution in [2.75, 3.05) is 26.2 Å². The first-order valence-electron chi connectivity index (χ1n) is 6.53. The molecule has 0 radical (unpaired) electrons.